The molecule has 2 rings (SSSR count). The number of rotatable bonds is 7. The first kappa shape index (κ1) is 19.4. The Morgan fingerprint density at radius 1 is 1.16 bits per heavy atom. The molecule has 0 aliphatic rings. The van der Waals surface area contributed by atoms with Crippen LogP contribution < -0.4 is 15.0 Å². The number of hydrogen-bond acceptors (Lipinski definition) is 2. The van der Waals surface area contributed by atoms with E-state index < -0.39 is 6.61 Å². The summed E-state index contributed by atoms with van der Waals surface area (Å²) in [7, 11) is 1.84. The molecule has 0 aliphatic carbocycles. The summed E-state index contributed by atoms with van der Waals surface area (Å²) >= 11 is 12.0. The van der Waals surface area contributed by atoms with Gasteiger partial charge in [-0.2, -0.15) is 8.78 Å². The fourth-order valence-electron chi connectivity index (χ4n) is 2.27. The highest BCUT2D eigenvalue weighted by Gasteiger charge is 2.14. The number of hydrogen-bond donors (Lipinski definition) is 2. The predicted octanol–water partition coefficient (Wildman–Crippen LogP) is 3.25. The summed E-state index contributed by atoms with van der Waals surface area (Å²) in [5, 5.41) is 3.44. The van der Waals surface area contributed by atoms with E-state index in [2.05, 4.69) is 10.1 Å². The van der Waals surface area contributed by atoms with E-state index in [9.17, 15) is 13.6 Å². The molecule has 2 aromatic rings. The Hall–Kier alpha value is -1.89. The minimum absolute atomic E-state index is 0.0995. The number of halogens is 4. The van der Waals surface area contributed by atoms with Crippen molar-refractivity contribution in [2.45, 2.75) is 13.2 Å². The van der Waals surface area contributed by atoms with Crippen molar-refractivity contribution in [2.75, 3.05) is 18.9 Å². The van der Waals surface area contributed by atoms with Crippen LogP contribution in [-0.2, 0) is 11.3 Å². The van der Waals surface area contributed by atoms with Gasteiger partial charge in [0.1, 0.15) is 12.3 Å². The number of carbonyl (C=O) groups excluding carboxylic acids is 1. The lowest BCUT2D eigenvalue weighted by atomic mass is 10.2. The van der Waals surface area contributed by atoms with E-state index in [1.165, 1.54) is 12.1 Å². The number of anilines is 1. The van der Waals surface area contributed by atoms with Gasteiger partial charge in [0.05, 0.1) is 22.8 Å². The van der Waals surface area contributed by atoms with Gasteiger partial charge in [-0.15, -0.1) is 0 Å². The number of para-hydroxylation sites is 1. The standard InChI is InChI=1S/C17H16Cl2F2N2O2/c1-23(9-11-5-7-12(8-6-11)25-17(20)21)10-15(24)22-16-13(18)3-2-4-14(16)19/h2-8,17H,9-10H2,1H3,(H,22,24)/p+1. The predicted molar refractivity (Wildman–Crippen MR) is 93.6 cm³/mol. The first-order chi connectivity index (χ1) is 11.8. The quantitative estimate of drug-likeness (QED) is 0.763. The van der Waals surface area contributed by atoms with Crippen LogP contribution in [0.3, 0.4) is 0 Å². The smallest absolute Gasteiger partial charge is 0.387 e. The molecule has 0 bridgehead atoms. The number of carbonyl (C=O) groups is 1. The molecule has 2 aromatic carbocycles. The van der Waals surface area contributed by atoms with Gasteiger partial charge in [0.15, 0.2) is 6.54 Å². The zero-order chi connectivity index (χ0) is 18.4. The van der Waals surface area contributed by atoms with Crippen molar-refractivity contribution < 1.29 is 23.2 Å². The first-order valence-corrected chi connectivity index (χ1v) is 8.19. The van der Waals surface area contributed by atoms with E-state index in [-0.39, 0.29) is 18.2 Å². The van der Waals surface area contributed by atoms with E-state index in [1.807, 2.05) is 7.05 Å². The van der Waals surface area contributed by atoms with Crippen LogP contribution in [-0.4, -0.2) is 26.1 Å². The molecule has 8 heteroatoms. The number of amides is 1. The van der Waals surface area contributed by atoms with Crippen LogP contribution in [0, 0.1) is 0 Å². The Morgan fingerprint density at radius 3 is 2.32 bits per heavy atom. The lowest BCUT2D eigenvalue weighted by molar-refractivity contribution is -0.885. The monoisotopic (exact) mass is 389 g/mol. The zero-order valence-corrected chi connectivity index (χ0v) is 14.9. The molecule has 0 spiro atoms. The summed E-state index contributed by atoms with van der Waals surface area (Å²) in [6.45, 7) is -2.12. The summed E-state index contributed by atoms with van der Waals surface area (Å²) in [4.78, 5) is 13.0. The third-order valence-electron chi connectivity index (χ3n) is 3.34. The van der Waals surface area contributed by atoms with Gasteiger partial charge in [-0.05, 0) is 36.4 Å². The van der Waals surface area contributed by atoms with Crippen molar-refractivity contribution in [3.05, 3.63) is 58.1 Å². The average molecular weight is 390 g/mol. The van der Waals surface area contributed by atoms with Gasteiger partial charge >= 0.3 is 6.61 Å². The molecule has 2 N–H and O–H groups in total. The highest BCUT2D eigenvalue weighted by molar-refractivity contribution is 6.39. The highest BCUT2D eigenvalue weighted by atomic mass is 35.5. The van der Waals surface area contributed by atoms with Crippen LogP contribution in [0.15, 0.2) is 42.5 Å². The molecule has 0 heterocycles. The van der Waals surface area contributed by atoms with Crippen molar-refractivity contribution in [3.8, 4) is 5.75 Å². The van der Waals surface area contributed by atoms with Crippen molar-refractivity contribution >= 4 is 34.8 Å². The number of likely N-dealkylation sites (N-methyl/N-ethyl adjacent to an activating group) is 1. The Kier molecular flexibility index (Phi) is 6.99. The second-order valence-corrected chi connectivity index (χ2v) is 6.29. The lowest BCUT2D eigenvalue weighted by Gasteiger charge is -2.15. The summed E-state index contributed by atoms with van der Waals surface area (Å²) in [6.07, 6.45) is 0. The maximum absolute atomic E-state index is 12.1. The molecule has 25 heavy (non-hydrogen) atoms. The molecule has 134 valence electrons. The molecule has 0 fully saturated rings. The highest BCUT2D eigenvalue weighted by Crippen LogP contribution is 2.29. The fourth-order valence-corrected chi connectivity index (χ4v) is 2.77. The van der Waals surface area contributed by atoms with Gasteiger partial charge in [-0.25, -0.2) is 0 Å². The second kappa shape index (κ2) is 8.99. The van der Waals surface area contributed by atoms with E-state index in [0.717, 1.165) is 10.5 Å². The largest absolute Gasteiger partial charge is 0.435 e. The summed E-state index contributed by atoms with van der Waals surface area (Å²) in [5.41, 5.74) is 1.28. The van der Waals surface area contributed by atoms with Gasteiger partial charge in [0.2, 0.25) is 0 Å². The molecule has 4 nitrogen and oxygen atoms in total. The van der Waals surface area contributed by atoms with Crippen LogP contribution >= 0.6 is 23.2 Å². The lowest BCUT2D eigenvalue weighted by Crippen LogP contribution is -3.08. The number of ether oxygens (including phenoxy) is 1. The van der Waals surface area contributed by atoms with E-state index in [1.54, 1.807) is 30.3 Å². The minimum atomic E-state index is -2.85. The molecule has 0 saturated carbocycles. The van der Waals surface area contributed by atoms with Crippen molar-refractivity contribution in [1.82, 2.24) is 0 Å². The van der Waals surface area contributed by atoms with Crippen LogP contribution in [0.5, 0.6) is 5.75 Å². The van der Waals surface area contributed by atoms with E-state index >= 15 is 0 Å². The number of quaternary nitrogens is 1. The normalized spacial score (nSPS) is 12.1. The van der Waals surface area contributed by atoms with Crippen LogP contribution in [0.1, 0.15) is 5.56 Å². The van der Waals surface area contributed by atoms with E-state index in [4.69, 9.17) is 23.2 Å². The number of nitrogens with one attached hydrogen (secondary N) is 2. The molecular weight excluding hydrogens is 373 g/mol. The van der Waals surface area contributed by atoms with Gasteiger partial charge in [-0.1, -0.05) is 29.3 Å². The van der Waals surface area contributed by atoms with Gasteiger partial charge in [0.25, 0.3) is 5.91 Å². The molecule has 0 aliphatic heterocycles. The topological polar surface area (TPSA) is 42.8 Å². The van der Waals surface area contributed by atoms with Gasteiger partial charge in [0, 0.05) is 5.56 Å². The third-order valence-corrected chi connectivity index (χ3v) is 3.97. The first-order valence-electron chi connectivity index (χ1n) is 7.44. The maximum Gasteiger partial charge on any atom is 0.387 e. The van der Waals surface area contributed by atoms with Crippen molar-refractivity contribution in [2.24, 2.45) is 0 Å². The summed E-state index contributed by atoms with van der Waals surface area (Å²) < 4.78 is 28.5. The molecule has 0 radical (unpaired) electrons. The summed E-state index contributed by atoms with van der Waals surface area (Å²) in [6, 6.07) is 11.3. The molecule has 0 aromatic heterocycles. The zero-order valence-electron chi connectivity index (χ0n) is 13.4. The fraction of sp³-hybridized carbons (Fsp3) is 0.235. The van der Waals surface area contributed by atoms with Crippen LogP contribution in [0.2, 0.25) is 10.0 Å². The molecule has 0 saturated heterocycles. The molecular formula is C17H17Cl2F2N2O2+. The Morgan fingerprint density at radius 2 is 1.76 bits per heavy atom. The molecule has 1 amide bonds. The number of benzene rings is 2. The van der Waals surface area contributed by atoms with Crippen molar-refractivity contribution in [3.63, 3.8) is 0 Å². The Labute approximate surface area is 154 Å². The third kappa shape index (κ3) is 6.16. The van der Waals surface area contributed by atoms with Gasteiger partial charge < -0.3 is 15.0 Å². The maximum atomic E-state index is 12.1. The van der Waals surface area contributed by atoms with Gasteiger partial charge in [-0.3, -0.25) is 4.79 Å². The summed E-state index contributed by atoms with van der Waals surface area (Å²) in [5.74, 6) is -0.132. The van der Waals surface area contributed by atoms with Crippen LogP contribution in [0.25, 0.3) is 0 Å². The molecule has 1 atom stereocenters. The van der Waals surface area contributed by atoms with Crippen molar-refractivity contribution in [1.29, 1.82) is 0 Å². The minimum Gasteiger partial charge on any atom is -0.435 e. The average Bonchev–Trinajstić information content (AvgIpc) is 2.52. The van der Waals surface area contributed by atoms with E-state index in [0.29, 0.717) is 22.3 Å². The Bertz CT molecular complexity index is 707. The SMILES string of the molecule is C[NH+](CC(=O)Nc1c(Cl)cccc1Cl)Cc1ccc(OC(F)F)cc1. The Balaban J connectivity index is 1.89. The molecule has 1 unspecified atom stereocenters. The number of alkyl halides is 2. The second-order valence-electron chi connectivity index (χ2n) is 5.48. The van der Waals surface area contributed by atoms with Crippen LogP contribution in [0.4, 0.5) is 14.5 Å².